The van der Waals surface area contributed by atoms with Crippen molar-refractivity contribution in [3.05, 3.63) is 95.3 Å². The maximum Gasteiger partial charge on any atom is 0.319 e. The average molecular weight is 502 g/mol. The minimum atomic E-state index is -0.376. The Balaban J connectivity index is 1.57. The highest BCUT2D eigenvalue weighted by Gasteiger charge is 2.21. The molecule has 2 N–H and O–H groups in total. The zero-order valence-corrected chi connectivity index (χ0v) is 21.8. The molecule has 0 radical (unpaired) electrons. The van der Waals surface area contributed by atoms with Crippen molar-refractivity contribution in [3.8, 4) is 11.4 Å². The third-order valence-corrected chi connectivity index (χ3v) is 6.83. The van der Waals surface area contributed by atoms with E-state index in [-0.39, 0.29) is 12.1 Å². The molecule has 0 spiro atoms. The van der Waals surface area contributed by atoms with Gasteiger partial charge in [-0.1, -0.05) is 66.7 Å². The van der Waals surface area contributed by atoms with Gasteiger partial charge in [0.1, 0.15) is 5.75 Å². The van der Waals surface area contributed by atoms with E-state index in [0.717, 1.165) is 39.8 Å². The molecular weight excluding hydrogens is 470 g/mol. The van der Waals surface area contributed by atoms with Gasteiger partial charge in [0.2, 0.25) is 0 Å². The summed E-state index contributed by atoms with van der Waals surface area (Å²) in [5.74, 6) is 2.19. The number of hydrogen-bond acceptors (Lipinski definition) is 5. The molecule has 0 aliphatic rings. The molecule has 0 saturated heterocycles. The fourth-order valence-electron chi connectivity index (χ4n) is 3.87. The minimum Gasteiger partial charge on any atom is -0.497 e. The molecule has 3 aromatic carbocycles. The van der Waals surface area contributed by atoms with Crippen LogP contribution in [0, 0.1) is 6.92 Å². The Morgan fingerprint density at radius 1 is 1.06 bits per heavy atom. The van der Waals surface area contributed by atoms with Crippen molar-refractivity contribution in [2.45, 2.75) is 44.1 Å². The first-order valence-corrected chi connectivity index (χ1v) is 12.9. The number of nitrogens with one attached hydrogen (secondary N) is 2. The van der Waals surface area contributed by atoms with E-state index in [1.54, 1.807) is 18.9 Å². The number of anilines is 1. The molecule has 186 valence electrons. The zero-order valence-electron chi connectivity index (χ0n) is 21.0. The van der Waals surface area contributed by atoms with Crippen LogP contribution in [-0.2, 0) is 12.2 Å². The summed E-state index contributed by atoms with van der Waals surface area (Å²) in [5, 5.41) is 15.7. The van der Waals surface area contributed by atoms with Gasteiger partial charge >= 0.3 is 6.03 Å². The Kier molecular flexibility index (Phi) is 8.28. The molecule has 4 aromatic rings. The lowest BCUT2D eigenvalue weighted by Gasteiger charge is -2.17. The number of carbonyl (C=O) groups is 1. The number of urea groups is 1. The van der Waals surface area contributed by atoms with Crippen molar-refractivity contribution in [1.29, 1.82) is 0 Å². The van der Waals surface area contributed by atoms with E-state index in [1.807, 2.05) is 66.1 Å². The van der Waals surface area contributed by atoms with Crippen molar-refractivity contribution in [2.75, 3.05) is 12.4 Å². The van der Waals surface area contributed by atoms with Crippen LogP contribution in [0.4, 0.5) is 10.5 Å². The van der Waals surface area contributed by atoms with Crippen LogP contribution in [0.15, 0.2) is 78.0 Å². The van der Waals surface area contributed by atoms with Crippen molar-refractivity contribution in [3.63, 3.8) is 0 Å². The number of rotatable bonds is 9. The number of para-hydroxylation sites is 1. The van der Waals surface area contributed by atoms with E-state index in [2.05, 4.69) is 52.9 Å². The normalized spacial score (nSPS) is 11.7. The van der Waals surface area contributed by atoms with E-state index in [1.165, 1.54) is 5.56 Å². The third kappa shape index (κ3) is 6.07. The smallest absolute Gasteiger partial charge is 0.319 e. The highest BCUT2D eigenvalue weighted by Crippen LogP contribution is 2.29. The largest absolute Gasteiger partial charge is 0.497 e. The summed E-state index contributed by atoms with van der Waals surface area (Å²) in [6.45, 7) is 6.03. The summed E-state index contributed by atoms with van der Waals surface area (Å²) in [5.41, 5.74) is 5.12. The first kappa shape index (κ1) is 25.3. The predicted molar refractivity (Wildman–Crippen MR) is 145 cm³/mol. The molecule has 2 amide bonds. The Labute approximate surface area is 216 Å². The summed E-state index contributed by atoms with van der Waals surface area (Å²) in [6.07, 6.45) is 0.835. The topological polar surface area (TPSA) is 81.1 Å². The molecule has 1 heterocycles. The lowest BCUT2D eigenvalue weighted by molar-refractivity contribution is 0.248. The SMILES string of the molecule is CCc1ccccc1NC(=O)NC(C)c1nnc(SCc2cccc(OC)c2)n1-c1ccc(C)cc1. The van der Waals surface area contributed by atoms with Gasteiger partial charge in [-0.25, -0.2) is 4.79 Å². The second-order valence-corrected chi connectivity index (χ2v) is 9.43. The number of amides is 2. The number of methoxy groups -OCH3 is 1. The van der Waals surface area contributed by atoms with Crippen LogP contribution in [0.25, 0.3) is 5.69 Å². The number of nitrogens with zero attached hydrogens (tertiary/aromatic N) is 3. The van der Waals surface area contributed by atoms with Crippen molar-refractivity contribution < 1.29 is 9.53 Å². The Morgan fingerprint density at radius 2 is 1.83 bits per heavy atom. The number of ether oxygens (including phenoxy) is 1. The molecule has 8 heteroatoms. The summed E-state index contributed by atoms with van der Waals surface area (Å²) in [7, 11) is 1.66. The van der Waals surface area contributed by atoms with Gasteiger partial charge in [-0.05, 0) is 61.7 Å². The average Bonchev–Trinajstić information content (AvgIpc) is 3.32. The highest BCUT2D eigenvalue weighted by molar-refractivity contribution is 7.98. The second kappa shape index (κ2) is 11.8. The van der Waals surface area contributed by atoms with Crippen LogP contribution in [0.3, 0.4) is 0 Å². The van der Waals surface area contributed by atoms with E-state index >= 15 is 0 Å². The van der Waals surface area contributed by atoms with Crippen LogP contribution in [0.5, 0.6) is 5.75 Å². The molecular formula is C28H31N5O2S. The first-order chi connectivity index (χ1) is 17.5. The zero-order chi connectivity index (χ0) is 25.5. The van der Waals surface area contributed by atoms with Gasteiger partial charge in [-0.2, -0.15) is 0 Å². The Morgan fingerprint density at radius 3 is 2.58 bits per heavy atom. The standard InChI is InChI=1S/C28H31N5O2S/c1-5-22-10-6-7-12-25(22)30-27(34)29-20(3)26-31-32-28(33(26)23-15-13-19(2)14-16-23)36-18-21-9-8-11-24(17-21)35-4/h6-17,20H,5,18H2,1-4H3,(H2,29,30,34). The fraction of sp³-hybridized carbons (Fsp3) is 0.250. The van der Waals surface area contributed by atoms with E-state index in [9.17, 15) is 4.79 Å². The number of benzene rings is 3. The molecule has 0 fully saturated rings. The second-order valence-electron chi connectivity index (χ2n) is 8.48. The fourth-order valence-corrected chi connectivity index (χ4v) is 4.77. The monoisotopic (exact) mass is 501 g/mol. The van der Waals surface area contributed by atoms with Gasteiger partial charge in [-0.3, -0.25) is 4.57 Å². The van der Waals surface area contributed by atoms with Crippen LogP contribution in [-0.4, -0.2) is 27.9 Å². The number of aryl methyl sites for hydroxylation is 2. The van der Waals surface area contributed by atoms with Crippen LogP contribution in [0.1, 0.15) is 42.4 Å². The van der Waals surface area contributed by atoms with Gasteiger partial charge in [0.15, 0.2) is 11.0 Å². The molecule has 0 aliphatic carbocycles. The number of hydrogen-bond donors (Lipinski definition) is 2. The molecule has 7 nitrogen and oxygen atoms in total. The molecule has 4 rings (SSSR count). The summed E-state index contributed by atoms with van der Waals surface area (Å²) < 4.78 is 7.36. The summed E-state index contributed by atoms with van der Waals surface area (Å²) >= 11 is 1.59. The lowest BCUT2D eigenvalue weighted by atomic mass is 10.1. The van der Waals surface area contributed by atoms with Gasteiger partial charge < -0.3 is 15.4 Å². The Bertz CT molecular complexity index is 1320. The number of thioether (sulfide) groups is 1. The molecule has 0 saturated carbocycles. The number of aromatic nitrogens is 3. The quantitative estimate of drug-likeness (QED) is 0.262. The van der Waals surface area contributed by atoms with E-state index in [4.69, 9.17) is 4.74 Å². The van der Waals surface area contributed by atoms with Crippen molar-refractivity contribution >= 4 is 23.5 Å². The van der Waals surface area contributed by atoms with Gasteiger partial charge in [0.25, 0.3) is 0 Å². The van der Waals surface area contributed by atoms with Crippen LogP contribution in [0.2, 0.25) is 0 Å². The lowest BCUT2D eigenvalue weighted by Crippen LogP contribution is -2.32. The summed E-state index contributed by atoms with van der Waals surface area (Å²) in [4.78, 5) is 12.8. The maximum absolute atomic E-state index is 12.8. The van der Waals surface area contributed by atoms with Crippen molar-refractivity contribution in [1.82, 2.24) is 20.1 Å². The third-order valence-electron chi connectivity index (χ3n) is 5.83. The van der Waals surface area contributed by atoms with Crippen molar-refractivity contribution in [2.24, 2.45) is 0 Å². The molecule has 1 atom stereocenters. The summed E-state index contributed by atoms with van der Waals surface area (Å²) in [6, 6.07) is 23.3. The molecule has 1 unspecified atom stereocenters. The maximum atomic E-state index is 12.8. The van der Waals surface area contributed by atoms with Gasteiger partial charge in [0.05, 0.1) is 13.2 Å². The molecule has 0 bridgehead atoms. The van der Waals surface area contributed by atoms with Crippen LogP contribution >= 0.6 is 11.8 Å². The Hall–Kier alpha value is -3.78. The minimum absolute atomic E-state index is 0.285. The predicted octanol–water partition coefficient (Wildman–Crippen LogP) is 6.32. The highest BCUT2D eigenvalue weighted by atomic mass is 32.2. The van der Waals surface area contributed by atoms with Crippen LogP contribution < -0.4 is 15.4 Å². The molecule has 1 aromatic heterocycles. The number of carbonyl (C=O) groups excluding carboxylic acids is 1. The molecule has 0 aliphatic heterocycles. The van der Waals surface area contributed by atoms with E-state index < -0.39 is 0 Å². The van der Waals surface area contributed by atoms with E-state index in [0.29, 0.717) is 11.6 Å². The molecule has 36 heavy (non-hydrogen) atoms. The van der Waals surface area contributed by atoms with Gasteiger partial charge in [0, 0.05) is 17.1 Å². The first-order valence-electron chi connectivity index (χ1n) is 11.9. The van der Waals surface area contributed by atoms with Gasteiger partial charge in [-0.15, -0.1) is 10.2 Å².